The number of aliphatic hydroxyl groups excluding tert-OH is 2. The molecule has 2 atom stereocenters. The third-order valence-electron chi connectivity index (χ3n) is 2.86. The highest BCUT2D eigenvalue weighted by Gasteiger charge is 1.92. The first-order chi connectivity index (χ1) is 10.2. The van der Waals surface area contributed by atoms with E-state index in [1.165, 1.54) is 0 Å². The molecule has 0 radical (unpaired) electrons. The SMILES string of the molecule is C#CC(O)/C=C/CCC/C=C\CCC/C=C/CC(O)C#C. The molecule has 0 aliphatic carbocycles. The van der Waals surface area contributed by atoms with Crippen molar-refractivity contribution in [3.63, 3.8) is 0 Å². The smallest absolute Gasteiger partial charge is 0.133 e. The van der Waals surface area contributed by atoms with Gasteiger partial charge in [0, 0.05) is 6.42 Å². The molecule has 0 fully saturated rings. The van der Waals surface area contributed by atoms with E-state index >= 15 is 0 Å². The van der Waals surface area contributed by atoms with Crippen molar-refractivity contribution >= 4 is 0 Å². The number of unbranched alkanes of at least 4 members (excludes halogenated alkanes) is 4. The first kappa shape index (κ1) is 19.3. The summed E-state index contributed by atoms with van der Waals surface area (Å²) >= 11 is 0. The number of hydrogen-bond donors (Lipinski definition) is 2. The van der Waals surface area contributed by atoms with Crippen LogP contribution in [0.3, 0.4) is 0 Å². The predicted octanol–water partition coefficient (Wildman–Crippen LogP) is 3.37. The van der Waals surface area contributed by atoms with Gasteiger partial charge in [-0.3, -0.25) is 0 Å². The molecule has 0 aromatic carbocycles. The van der Waals surface area contributed by atoms with Crippen molar-refractivity contribution in [2.24, 2.45) is 0 Å². The van der Waals surface area contributed by atoms with Crippen LogP contribution in [-0.2, 0) is 0 Å². The molecule has 0 aliphatic rings. The highest BCUT2D eigenvalue weighted by Crippen LogP contribution is 2.03. The van der Waals surface area contributed by atoms with Gasteiger partial charge in [-0.2, -0.15) is 0 Å². The second-order valence-corrected chi connectivity index (χ2v) is 4.76. The molecular weight excluding hydrogens is 260 g/mol. The number of hydrogen-bond acceptors (Lipinski definition) is 2. The summed E-state index contributed by atoms with van der Waals surface area (Å²) in [5, 5.41) is 18.2. The van der Waals surface area contributed by atoms with Gasteiger partial charge in [-0.15, -0.1) is 12.8 Å². The Morgan fingerprint density at radius 2 is 1.29 bits per heavy atom. The van der Waals surface area contributed by atoms with Crippen LogP contribution >= 0.6 is 0 Å². The van der Waals surface area contributed by atoms with Crippen LogP contribution in [0.2, 0.25) is 0 Å². The topological polar surface area (TPSA) is 40.5 Å². The van der Waals surface area contributed by atoms with Crippen LogP contribution in [0.25, 0.3) is 0 Å². The molecule has 0 saturated carbocycles. The van der Waals surface area contributed by atoms with Crippen LogP contribution in [-0.4, -0.2) is 22.4 Å². The van der Waals surface area contributed by atoms with E-state index in [2.05, 4.69) is 30.1 Å². The van der Waals surface area contributed by atoms with Crippen LogP contribution in [0.15, 0.2) is 36.5 Å². The van der Waals surface area contributed by atoms with Crippen LogP contribution in [0.1, 0.15) is 44.9 Å². The van der Waals surface area contributed by atoms with Gasteiger partial charge >= 0.3 is 0 Å². The van der Waals surface area contributed by atoms with E-state index in [0.29, 0.717) is 6.42 Å². The molecule has 0 bridgehead atoms. The summed E-state index contributed by atoms with van der Waals surface area (Å²) in [6.07, 6.45) is 27.4. The molecule has 2 N–H and O–H groups in total. The summed E-state index contributed by atoms with van der Waals surface area (Å²) in [5.41, 5.74) is 0. The van der Waals surface area contributed by atoms with Gasteiger partial charge in [-0.25, -0.2) is 0 Å². The van der Waals surface area contributed by atoms with Gasteiger partial charge in [-0.05, 0) is 44.6 Å². The Labute approximate surface area is 129 Å². The van der Waals surface area contributed by atoms with Gasteiger partial charge in [0.05, 0.1) is 0 Å². The lowest BCUT2D eigenvalue weighted by atomic mass is 10.1. The zero-order valence-corrected chi connectivity index (χ0v) is 12.6. The Bertz CT molecular complexity index is 404. The van der Waals surface area contributed by atoms with E-state index in [-0.39, 0.29) is 0 Å². The van der Waals surface area contributed by atoms with Gasteiger partial charge in [0.15, 0.2) is 0 Å². The predicted molar refractivity (Wildman–Crippen MR) is 89.4 cm³/mol. The second-order valence-electron chi connectivity index (χ2n) is 4.76. The fraction of sp³-hybridized carbons (Fsp3) is 0.474. The summed E-state index contributed by atoms with van der Waals surface area (Å²) < 4.78 is 0. The van der Waals surface area contributed by atoms with E-state index in [0.717, 1.165) is 38.5 Å². The Morgan fingerprint density at radius 3 is 1.81 bits per heavy atom. The van der Waals surface area contributed by atoms with Crippen LogP contribution in [0.5, 0.6) is 0 Å². The Kier molecular flexibility index (Phi) is 13.4. The Hall–Kier alpha value is -1.74. The van der Waals surface area contributed by atoms with Crippen molar-refractivity contribution in [2.75, 3.05) is 0 Å². The normalized spacial score (nSPS) is 14.5. The lowest BCUT2D eigenvalue weighted by Gasteiger charge is -1.96. The van der Waals surface area contributed by atoms with Crippen LogP contribution < -0.4 is 0 Å². The Balaban J connectivity index is 3.40. The average molecular weight is 286 g/mol. The first-order valence-electron chi connectivity index (χ1n) is 7.45. The highest BCUT2D eigenvalue weighted by molar-refractivity contribution is 5.06. The molecule has 0 aliphatic heterocycles. The minimum atomic E-state index is -0.754. The number of rotatable bonds is 11. The molecule has 21 heavy (non-hydrogen) atoms. The monoisotopic (exact) mass is 286 g/mol. The van der Waals surface area contributed by atoms with E-state index < -0.39 is 12.2 Å². The van der Waals surface area contributed by atoms with Crippen molar-refractivity contribution in [3.05, 3.63) is 36.5 Å². The fourth-order valence-corrected chi connectivity index (χ4v) is 1.63. The van der Waals surface area contributed by atoms with E-state index in [4.69, 9.17) is 23.1 Å². The molecule has 2 heteroatoms. The fourth-order valence-electron chi connectivity index (χ4n) is 1.63. The largest absolute Gasteiger partial charge is 0.380 e. The van der Waals surface area contributed by atoms with Crippen molar-refractivity contribution in [1.29, 1.82) is 0 Å². The summed E-state index contributed by atoms with van der Waals surface area (Å²) in [6, 6.07) is 0. The first-order valence-corrected chi connectivity index (χ1v) is 7.45. The van der Waals surface area contributed by atoms with E-state index in [1.54, 1.807) is 6.08 Å². The molecule has 0 aromatic rings. The number of aliphatic hydroxyl groups is 2. The number of allylic oxidation sites excluding steroid dienone is 4. The van der Waals surface area contributed by atoms with Gasteiger partial charge in [0.25, 0.3) is 0 Å². The molecule has 2 nitrogen and oxygen atoms in total. The highest BCUT2D eigenvalue weighted by atomic mass is 16.3. The molecule has 0 spiro atoms. The quantitative estimate of drug-likeness (QED) is 0.347. The summed E-state index contributed by atoms with van der Waals surface area (Å²) in [4.78, 5) is 0. The van der Waals surface area contributed by atoms with Gasteiger partial charge in [0.2, 0.25) is 0 Å². The van der Waals surface area contributed by atoms with Crippen molar-refractivity contribution in [1.82, 2.24) is 0 Å². The van der Waals surface area contributed by atoms with Crippen molar-refractivity contribution < 1.29 is 10.2 Å². The standard InChI is InChI=1S/C19H26O2/c1-3-18(20)16-14-12-10-8-6-5-7-9-11-13-15-17-19(21)4-2/h1-2,5-6,13-16,18-21H,7-12,17H2/b6-5-,15-13+,16-14+. The molecular formula is C19H26O2. The Morgan fingerprint density at radius 1 is 0.762 bits per heavy atom. The molecule has 0 aromatic heterocycles. The third-order valence-corrected chi connectivity index (χ3v) is 2.86. The maximum absolute atomic E-state index is 9.14. The van der Waals surface area contributed by atoms with E-state index in [1.807, 2.05) is 12.2 Å². The lowest BCUT2D eigenvalue weighted by Crippen LogP contribution is -1.98. The summed E-state index contributed by atoms with van der Waals surface area (Å²) in [7, 11) is 0. The second kappa shape index (κ2) is 14.7. The van der Waals surface area contributed by atoms with Gasteiger partial charge < -0.3 is 10.2 Å². The van der Waals surface area contributed by atoms with Crippen LogP contribution in [0.4, 0.5) is 0 Å². The van der Waals surface area contributed by atoms with E-state index in [9.17, 15) is 0 Å². The van der Waals surface area contributed by atoms with Crippen molar-refractivity contribution in [2.45, 2.75) is 57.2 Å². The van der Waals surface area contributed by atoms with Gasteiger partial charge in [0.1, 0.15) is 12.2 Å². The van der Waals surface area contributed by atoms with Crippen LogP contribution in [0, 0.1) is 24.7 Å². The maximum Gasteiger partial charge on any atom is 0.133 e. The zero-order chi connectivity index (χ0) is 15.8. The molecule has 2 unspecified atom stereocenters. The summed E-state index contributed by atoms with van der Waals surface area (Å²) in [5.74, 6) is 4.52. The maximum atomic E-state index is 9.14. The molecule has 0 rings (SSSR count). The molecule has 114 valence electrons. The zero-order valence-electron chi connectivity index (χ0n) is 12.6. The molecule has 0 heterocycles. The van der Waals surface area contributed by atoms with Gasteiger partial charge in [-0.1, -0.05) is 42.2 Å². The lowest BCUT2D eigenvalue weighted by molar-refractivity contribution is 0.236. The number of terminal acetylenes is 2. The average Bonchev–Trinajstić information content (AvgIpc) is 2.51. The van der Waals surface area contributed by atoms with Crippen molar-refractivity contribution in [3.8, 4) is 24.7 Å². The molecule has 0 saturated heterocycles. The minimum Gasteiger partial charge on any atom is -0.380 e. The minimum absolute atomic E-state index is 0.536. The third kappa shape index (κ3) is 14.5. The molecule has 0 amide bonds. The summed E-state index contributed by atoms with van der Waals surface area (Å²) in [6.45, 7) is 0.